The maximum atomic E-state index is 8.00. The van der Waals surface area contributed by atoms with Gasteiger partial charge in [-0.2, -0.15) is 0 Å². The fourth-order valence-corrected chi connectivity index (χ4v) is 1.35. The van der Waals surface area contributed by atoms with Gasteiger partial charge in [-0.05, 0) is 34.0 Å². The number of oxime groups is 1. The van der Waals surface area contributed by atoms with E-state index in [0.29, 0.717) is 22.9 Å². The summed E-state index contributed by atoms with van der Waals surface area (Å²) in [6.45, 7) is 13.4. The summed E-state index contributed by atoms with van der Waals surface area (Å²) in [5.74, 6) is 1.15. The molecular formula is C14H25N5O. The van der Waals surface area contributed by atoms with Gasteiger partial charge >= 0.3 is 0 Å². The number of hydrogen-bond donors (Lipinski definition) is 3. The van der Waals surface area contributed by atoms with Crippen LogP contribution in [0.5, 0.6) is 0 Å². The summed E-state index contributed by atoms with van der Waals surface area (Å²) >= 11 is 0. The predicted molar refractivity (Wildman–Crippen MR) is 85.5 cm³/mol. The summed E-state index contributed by atoms with van der Waals surface area (Å²) in [7, 11) is 0. The average molecular weight is 279 g/mol. The third-order valence-electron chi connectivity index (χ3n) is 2.41. The van der Waals surface area contributed by atoms with Gasteiger partial charge in [-0.15, -0.1) is 0 Å². The van der Waals surface area contributed by atoms with Gasteiger partial charge in [0.15, 0.2) is 0 Å². The van der Waals surface area contributed by atoms with Crippen LogP contribution < -0.4 is 10.6 Å². The van der Waals surface area contributed by atoms with Crippen LogP contribution in [0.2, 0.25) is 0 Å². The standard InChI is InChI=1S/C14H25N5O/c1-6-17-8-9-18-14(16-5)12(4)13(15)10-11(3)20-19-7-2/h7,10,15,17-18H,5-6,8-9H2,1-4H3/b11-10+,14-12+,15-13?,19-7+. The highest BCUT2D eigenvalue weighted by Gasteiger charge is 2.05. The summed E-state index contributed by atoms with van der Waals surface area (Å²) in [6, 6.07) is 0. The summed E-state index contributed by atoms with van der Waals surface area (Å²) in [5, 5.41) is 18.0. The van der Waals surface area contributed by atoms with Crippen LogP contribution in [0.4, 0.5) is 0 Å². The van der Waals surface area contributed by atoms with E-state index in [-0.39, 0.29) is 0 Å². The second-order valence-electron chi connectivity index (χ2n) is 4.04. The molecule has 0 aromatic carbocycles. The van der Waals surface area contributed by atoms with Crippen molar-refractivity contribution in [2.75, 3.05) is 19.6 Å². The third-order valence-corrected chi connectivity index (χ3v) is 2.41. The molecule has 0 aromatic rings. The Balaban J connectivity index is 4.68. The molecule has 6 nitrogen and oxygen atoms in total. The van der Waals surface area contributed by atoms with E-state index in [9.17, 15) is 0 Å². The first-order valence-corrected chi connectivity index (χ1v) is 6.61. The molecule has 0 rings (SSSR count). The van der Waals surface area contributed by atoms with Crippen LogP contribution in [0.15, 0.2) is 33.4 Å². The van der Waals surface area contributed by atoms with Gasteiger partial charge in [-0.1, -0.05) is 12.1 Å². The van der Waals surface area contributed by atoms with E-state index in [1.807, 2.05) is 6.92 Å². The first-order valence-electron chi connectivity index (χ1n) is 6.61. The molecule has 0 aliphatic carbocycles. The van der Waals surface area contributed by atoms with Crippen LogP contribution in [-0.4, -0.2) is 38.3 Å². The van der Waals surface area contributed by atoms with Gasteiger partial charge < -0.3 is 20.9 Å². The zero-order chi connectivity index (χ0) is 15.4. The Labute approximate surface area is 121 Å². The molecule has 0 saturated heterocycles. The van der Waals surface area contributed by atoms with Crippen LogP contribution >= 0.6 is 0 Å². The quantitative estimate of drug-likeness (QED) is 0.248. The average Bonchev–Trinajstić information content (AvgIpc) is 2.44. The number of aliphatic imine (C=N–C) groups is 1. The molecule has 0 saturated carbocycles. The number of likely N-dealkylation sites (N-methyl/N-ethyl adjacent to an activating group) is 1. The molecule has 6 heteroatoms. The Morgan fingerprint density at radius 3 is 2.60 bits per heavy atom. The van der Waals surface area contributed by atoms with Crippen LogP contribution in [0.1, 0.15) is 27.7 Å². The fraction of sp³-hybridized carbons (Fsp3) is 0.500. The van der Waals surface area contributed by atoms with Gasteiger partial charge in [0.05, 0.1) is 5.71 Å². The highest BCUT2D eigenvalue weighted by molar-refractivity contribution is 6.06. The molecule has 0 fully saturated rings. The van der Waals surface area contributed by atoms with E-state index in [2.05, 4.69) is 34.4 Å². The minimum Gasteiger partial charge on any atom is -0.369 e. The first kappa shape index (κ1) is 18.0. The molecule has 0 unspecified atom stereocenters. The van der Waals surface area contributed by atoms with Crippen molar-refractivity contribution in [1.82, 2.24) is 10.6 Å². The Hall–Kier alpha value is -1.95. The topological polar surface area (TPSA) is 81.9 Å². The molecule has 112 valence electrons. The van der Waals surface area contributed by atoms with E-state index in [1.54, 1.807) is 26.1 Å². The van der Waals surface area contributed by atoms with Crippen molar-refractivity contribution in [1.29, 1.82) is 5.41 Å². The van der Waals surface area contributed by atoms with E-state index in [4.69, 9.17) is 10.2 Å². The number of nitrogens with one attached hydrogen (secondary N) is 3. The van der Waals surface area contributed by atoms with Crippen molar-refractivity contribution in [3.05, 3.63) is 23.2 Å². The number of rotatable bonds is 10. The minimum atomic E-state index is 0.312. The number of nitrogens with zero attached hydrogens (tertiary/aromatic N) is 2. The minimum absolute atomic E-state index is 0.312. The van der Waals surface area contributed by atoms with Gasteiger partial charge in [0.1, 0.15) is 11.6 Å². The molecule has 0 heterocycles. The van der Waals surface area contributed by atoms with Gasteiger partial charge in [0, 0.05) is 31.0 Å². The predicted octanol–water partition coefficient (Wildman–Crippen LogP) is 2.06. The number of allylic oxidation sites excluding steroid dienone is 3. The van der Waals surface area contributed by atoms with Gasteiger partial charge in [0.2, 0.25) is 0 Å². The maximum absolute atomic E-state index is 8.00. The largest absolute Gasteiger partial charge is 0.369 e. The Bertz CT molecular complexity index is 410. The summed E-state index contributed by atoms with van der Waals surface area (Å²) in [5.41, 5.74) is 1.02. The molecular weight excluding hydrogens is 254 g/mol. The second-order valence-corrected chi connectivity index (χ2v) is 4.04. The van der Waals surface area contributed by atoms with Crippen LogP contribution in [0.3, 0.4) is 0 Å². The van der Waals surface area contributed by atoms with E-state index in [1.165, 1.54) is 0 Å². The first-order chi connectivity index (χ1) is 9.56. The highest BCUT2D eigenvalue weighted by Crippen LogP contribution is 2.07. The molecule has 3 N–H and O–H groups in total. The summed E-state index contributed by atoms with van der Waals surface area (Å²) in [4.78, 5) is 8.96. The molecule has 0 aliphatic rings. The third kappa shape index (κ3) is 7.48. The molecule has 0 bridgehead atoms. The fourth-order valence-electron chi connectivity index (χ4n) is 1.35. The van der Waals surface area contributed by atoms with E-state index >= 15 is 0 Å². The smallest absolute Gasteiger partial charge is 0.134 e. The molecule has 0 radical (unpaired) electrons. The Morgan fingerprint density at radius 1 is 1.35 bits per heavy atom. The molecule has 0 aliphatic heterocycles. The molecule has 20 heavy (non-hydrogen) atoms. The zero-order valence-corrected chi connectivity index (χ0v) is 12.8. The maximum Gasteiger partial charge on any atom is 0.134 e. The monoisotopic (exact) mass is 279 g/mol. The Kier molecular flexibility index (Phi) is 9.86. The summed E-state index contributed by atoms with van der Waals surface area (Å²) in [6.07, 6.45) is 3.14. The lowest BCUT2D eigenvalue weighted by Gasteiger charge is -2.10. The van der Waals surface area contributed by atoms with Gasteiger partial charge in [-0.3, -0.25) is 0 Å². The second kappa shape index (κ2) is 10.9. The van der Waals surface area contributed by atoms with Crippen molar-refractivity contribution < 1.29 is 4.84 Å². The Morgan fingerprint density at radius 2 is 2.05 bits per heavy atom. The zero-order valence-electron chi connectivity index (χ0n) is 12.8. The lowest BCUT2D eigenvalue weighted by Crippen LogP contribution is -2.27. The van der Waals surface area contributed by atoms with E-state index < -0.39 is 0 Å². The van der Waals surface area contributed by atoms with Gasteiger partial charge in [-0.25, -0.2) is 4.99 Å². The lowest BCUT2D eigenvalue weighted by molar-refractivity contribution is 0.232. The van der Waals surface area contributed by atoms with Crippen LogP contribution in [-0.2, 0) is 4.84 Å². The molecule has 0 spiro atoms. The van der Waals surface area contributed by atoms with Crippen molar-refractivity contribution in [3.63, 3.8) is 0 Å². The van der Waals surface area contributed by atoms with Crippen LogP contribution in [0.25, 0.3) is 0 Å². The van der Waals surface area contributed by atoms with Crippen molar-refractivity contribution >= 4 is 18.6 Å². The van der Waals surface area contributed by atoms with Crippen molar-refractivity contribution in [2.24, 2.45) is 10.1 Å². The number of hydrogen-bond acceptors (Lipinski definition) is 6. The van der Waals surface area contributed by atoms with Crippen molar-refractivity contribution in [2.45, 2.75) is 27.7 Å². The van der Waals surface area contributed by atoms with Crippen molar-refractivity contribution in [3.8, 4) is 0 Å². The molecule has 0 amide bonds. The normalized spacial score (nSPS) is 13.1. The highest BCUT2D eigenvalue weighted by atomic mass is 16.6. The molecule has 0 aromatic heterocycles. The lowest BCUT2D eigenvalue weighted by atomic mass is 10.1. The molecule has 0 atom stereocenters. The SMILES string of the molecule is C=N/C(NCCNCC)=C(/C)C(=N)/C=C(\C)O/N=C/C. The van der Waals surface area contributed by atoms with E-state index in [0.717, 1.165) is 19.6 Å². The van der Waals surface area contributed by atoms with Crippen LogP contribution in [0, 0.1) is 5.41 Å². The van der Waals surface area contributed by atoms with Gasteiger partial charge in [0.25, 0.3) is 0 Å². The summed E-state index contributed by atoms with van der Waals surface area (Å²) < 4.78 is 0.